The molecule has 90 valence electrons. The molecule has 1 aliphatic heterocycles. The van der Waals surface area contributed by atoms with Crippen molar-refractivity contribution in [2.24, 2.45) is 5.73 Å². The van der Waals surface area contributed by atoms with Gasteiger partial charge < -0.3 is 10.5 Å². The summed E-state index contributed by atoms with van der Waals surface area (Å²) in [5.74, 6) is 0. The predicted octanol–water partition coefficient (Wildman–Crippen LogP) is 0.996. The highest BCUT2D eigenvalue weighted by Gasteiger charge is 2.14. The number of nitrogens with zero attached hydrogens (tertiary/aromatic N) is 2. The van der Waals surface area contributed by atoms with E-state index in [4.69, 9.17) is 10.5 Å². The van der Waals surface area contributed by atoms with Gasteiger partial charge in [-0.25, -0.2) is 4.98 Å². The summed E-state index contributed by atoms with van der Waals surface area (Å²) in [7, 11) is 0. The van der Waals surface area contributed by atoms with Gasteiger partial charge in [0.15, 0.2) is 0 Å². The minimum absolute atomic E-state index is 0.615. The van der Waals surface area contributed by atoms with Crippen LogP contribution in [0.4, 0.5) is 0 Å². The van der Waals surface area contributed by atoms with Crippen LogP contribution in [0.2, 0.25) is 0 Å². The van der Waals surface area contributed by atoms with Crippen LogP contribution in [0.15, 0.2) is 0 Å². The van der Waals surface area contributed by atoms with E-state index in [0.29, 0.717) is 6.54 Å². The Morgan fingerprint density at radius 2 is 2.19 bits per heavy atom. The lowest BCUT2D eigenvalue weighted by atomic mass is 10.3. The third-order valence-electron chi connectivity index (χ3n) is 2.81. The molecule has 5 heteroatoms. The Labute approximate surface area is 100 Å². The summed E-state index contributed by atoms with van der Waals surface area (Å²) in [4.78, 5) is 8.28. The number of ether oxygens (including phenoxy) is 1. The Hall–Kier alpha value is -0.490. The molecule has 0 unspecified atom stereocenters. The van der Waals surface area contributed by atoms with E-state index in [1.165, 1.54) is 15.6 Å². The van der Waals surface area contributed by atoms with E-state index in [0.717, 1.165) is 39.3 Å². The molecule has 0 aliphatic carbocycles. The van der Waals surface area contributed by atoms with Gasteiger partial charge in [-0.1, -0.05) is 6.92 Å². The lowest BCUT2D eigenvalue weighted by molar-refractivity contribution is 0.0341. The molecule has 0 saturated carbocycles. The van der Waals surface area contributed by atoms with Crippen LogP contribution in [0.1, 0.15) is 22.5 Å². The second-order valence-corrected chi connectivity index (χ2v) is 5.09. The van der Waals surface area contributed by atoms with Crippen LogP contribution < -0.4 is 5.73 Å². The van der Waals surface area contributed by atoms with Crippen molar-refractivity contribution in [3.05, 3.63) is 15.6 Å². The highest BCUT2D eigenvalue weighted by molar-refractivity contribution is 7.11. The minimum atomic E-state index is 0.615. The number of rotatable bonds is 4. The molecular weight excluding hydrogens is 222 g/mol. The van der Waals surface area contributed by atoms with Crippen molar-refractivity contribution in [3.63, 3.8) is 0 Å². The van der Waals surface area contributed by atoms with Crippen LogP contribution in [0.5, 0.6) is 0 Å². The van der Waals surface area contributed by atoms with Crippen LogP contribution >= 0.6 is 11.3 Å². The average molecular weight is 241 g/mol. The predicted molar refractivity (Wildman–Crippen MR) is 65.5 cm³/mol. The van der Waals surface area contributed by atoms with E-state index in [2.05, 4.69) is 16.8 Å². The zero-order chi connectivity index (χ0) is 11.4. The van der Waals surface area contributed by atoms with E-state index >= 15 is 0 Å². The molecule has 0 radical (unpaired) electrons. The minimum Gasteiger partial charge on any atom is -0.379 e. The van der Waals surface area contributed by atoms with E-state index in [1.807, 2.05) is 0 Å². The zero-order valence-electron chi connectivity index (χ0n) is 9.74. The monoisotopic (exact) mass is 241 g/mol. The van der Waals surface area contributed by atoms with Gasteiger partial charge in [-0.3, -0.25) is 4.90 Å². The van der Waals surface area contributed by atoms with Crippen molar-refractivity contribution in [1.82, 2.24) is 9.88 Å². The summed E-state index contributed by atoms with van der Waals surface area (Å²) < 4.78 is 5.33. The van der Waals surface area contributed by atoms with Crippen molar-refractivity contribution in [2.45, 2.75) is 26.4 Å². The van der Waals surface area contributed by atoms with Crippen LogP contribution in [-0.4, -0.2) is 36.2 Å². The second kappa shape index (κ2) is 5.72. The number of aryl methyl sites for hydroxylation is 1. The molecule has 0 aromatic carbocycles. The Morgan fingerprint density at radius 3 is 2.75 bits per heavy atom. The molecule has 0 amide bonds. The first-order chi connectivity index (χ1) is 7.83. The number of hydrogen-bond acceptors (Lipinski definition) is 5. The molecule has 2 rings (SSSR count). The van der Waals surface area contributed by atoms with E-state index in [9.17, 15) is 0 Å². The van der Waals surface area contributed by atoms with Crippen molar-refractivity contribution in [1.29, 1.82) is 0 Å². The summed E-state index contributed by atoms with van der Waals surface area (Å²) in [6, 6.07) is 0. The quantitative estimate of drug-likeness (QED) is 0.854. The summed E-state index contributed by atoms with van der Waals surface area (Å²) in [6.45, 7) is 7.40. The van der Waals surface area contributed by atoms with Gasteiger partial charge in [0.1, 0.15) is 5.01 Å². The topological polar surface area (TPSA) is 51.4 Å². The fraction of sp³-hybridized carbons (Fsp3) is 0.727. The first kappa shape index (κ1) is 12.0. The molecule has 1 aromatic rings. The van der Waals surface area contributed by atoms with Crippen LogP contribution in [0.25, 0.3) is 0 Å². The van der Waals surface area contributed by atoms with Gasteiger partial charge in [0.2, 0.25) is 0 Å². The standard InChI is InChI=1S/C11H19N3OS/c1-2-9-10(7-12)16-11(13-9)8-14-3-5-15-6-4-14/h2-8,12H2,1H3. The Balaban J connectivity index is 2.00. The Bertz CT molecular complexity index is 312. The SMILES string of the molecule is CCc1nc(CN2CCOCC2)sc1CN. The number of thiazole rings is 1. The number of nitrogens with two attached hydrogens (primary N) is 1. The first-order valence-electron chi connectivity index (χ1n) is 5.81. The molecule has 0 atom stereocenters. The number of hydrogen-bond donors (Lipinski definition) is 1. The largest absolute Gasteiger partial charge is 0.379 e. The van der Waals surface area contributed by atoms with Crippen LogP contribution in [0.3, 0.4) is 0 Å². The molecule has 4 nitrogen and oxygen atoms in total. The fourth-order valence-electron chi connectivity index (χ4n) is 1.89. The summed E-state index contributed by atoms with van der Waals surface area (Å²) in [5.41, 5.74) is 6.89. The maximum Gasteiger partial charge on any atom is 0.107 e. The number of morpholine rings is 1. The van der Waals surface area contributed by atoms with E-state index in [-0.39, 0.29) is 0 Å². The van der Waals surface area contributed by atoms with Gasteiger partial charge in [-0.15, -0.1) is 11.3 Å². The average Bonchev–Trinajstić information content (AvgIpc) is 2.72. The molecule has 0 spiro atoms. The van der Waals surface area contributed by atoms with Crippen LogP contribution in [0, 0.1) is 0 Å². The molecule has 1 aromatic heterocycles. The molecule has 1 saturated heterocycles. The molecule has 2 N–H and O–H groups in total. The molecular formula is C11H19N3OS. The van der Waals surface area contributed by atoms with Gasteiger partial charge in [-0.2, -0.15) is 0 Å². The van der Waals surface area contributed by atoms with Crippen molar-refractivity contribution in [2.75, 3.05) is 26.3 Å². The third-order valence-corrected chi connectivity index (χ3v) is 3.91. The van der Waals surface area contributed by atoms with Gasteiger partial charge in [0.25, 0.3) is 0 Å². The van der Waals surface area contributed by atoms with Gasteiger partial charge >= 0.3 is 0 Å². The van der Waals surface area contributed by atoms with Crippen molar-refractivity contribution < 1.29 is 4.74 Å². The zero-order valence-corrected chi connectivity index (χ0v) is 10.6. The van der Waals surface area contributed by atoms with E-state index < -0.39 is 0 Å². The van der Waals surface area contributed by atoms with Gasteiger partial charge in [-0.05, 0) is 6.42 Å². The highest BCUT2D eigenvalue weighted by atomic mass is 32.1. The maximum absolute atomic E-state index is 5.71. The van der Waals surface area contributed by atoms with Gasteiger partial charge in [0, 0.05) is 24.5 Å². The first-order valence-corrected chi connectivity index (χ1v) is 6.62. The fourth-order valence-corrected chi connectivity index (χ4v) is 2.97. The molecule has 2 heterocycles. The van der Waals surface area contributed by atoms with Crippen molar-refractivity contribution >= 4 is 11.3 Å². The number of aromatic nitrogens is 1. The summed E-state index contributed by atoms with van der Waals surface area (Å²) in [5, 5.41) is 1.19. The lowest BCUT2D eigenvalue weighted by Gasteiger charge is -2.25. The third kappa shape index (κ3) is 2.79. The second-order valence-electron chi connectivity index (χ2n) is 3.92. The van der Waals surface area contributed by atoms with Gasteiger partial charge in [0.05, 0.1) is 25.5 Å². The van der Waals surface area contributed by atoms with Crippen molar-refractivity contribution in [3.8, 4) is 0 Å². The Morgan fingerprint density at radius 1 is 1.44 bits per heavy atom. The summed E-state index contributed by atoms with van der Waals surface area (Å²) in [6.07, 6.45) is 0.978. The molecule has 1 aliphatic rings. The molecule has 0 bridgehead atoms. The Kier molecular flexibility index (Phi) is 4.29. The van der Waals surface area contributed by atoms with Crippen LogP contribution in [-0.2, 0) is 24.2 Å². The normalized spacial score (nSPS) is 17.9. The maximum atomic E-state index is 5.71. The smallest absolute Gasteiger partial charge is 0.107 e. The summed E-state index contributed by atoms with van der Waals surface area (Å²) >= 11 is 1.76. The van der Waals surface area contributed by atoms with E-state index in [1.54, 1.807) is 11.3 Å². The molecule has 16 heavy (non-hydrogen) atoms. The molecule has 1 fully saturated rings. The lowest BCUT2D eigenvalue weighted by Crippen LogP contribution is -2.35. The highest BCUT2D eigenvalue weighted by Crippen LogP contribution is 2.20.